The molecule has 1 atom stereocenters. The van der Waals surface area contributed by atoms with E-state index in [1.807, 2.05) is 12.1 Å². The van der Waals surface area contributed by atoms with Crippen LogP contribution in [0.1, 0.15) is 22.0 Å². The second kappa shape index (κ2) is 4.47. The first-order chi connectivity index (χ1) is 7.16. The zero-order valence-corrected chi connectivity index (χ0v) is 10.8. The van der Waals surface area contributed by atoms with Gasteiger partial charge in [-0.1, -0.05) is 28.1 Å². The van der Waals surface area contributed by atoms with E-state index in [1.54, 1.807) is 11.3 Å². The lowest BCUT2D eigenvalue weighted by atomic mass is 10.0. The fourth-order valence-electron chi connectivity index (χ4n) is 1.52. The van der Waals surface area contributed by atoms with Crippen molar-refractivity contribution in [2.45, 2.75) is 13.0 Å². The fraction of sp³-hybridized carbons (Fsp3) is 0.167. The molecule has 0 aliphatic heterocycles. The summed E-state index contributed by atoms with van der Waals surface area (Å²) in [5, 5.41) is 2.13. The van der Waals surface area contributed by atoms with Crippen LogP contribution in [-0.2, 0) is 0 Å². The van der Waals surface area contributed by atoms with Crippen LogP contribution in [0.2, 0.25) is 0 Å². The first-order valence-corrected chi connectivity index (χ1v) is 6.40. The Balaban J connectivity index is 2.32. The maximum atomic E-state index is 6.18. The predicted molar refractivity (Wildman–Crippen MR) is 69.2 cm³/mol. The quantitative estimate of drug-likeness (QED) is 0.889. The van der Waals surface area contributed by atoms with Crippen molar-refractivity contribution < 1.29 is 0 Å². The van der Waals surface area contributed by atoms with E-state index in [-0.39, 0.29) is 6.04 Å². The number of hydrogen-bond donors (Lipinski definition) is 1. The summed E-state index contributed by atoms with van der Waals surface area (Å²) in [5.41, 5.74) is 8.52. The van der Waals surface area contributed by atoms with Crippen molar-refractivity contribution in [3.63, 3.8) is 0 Å². The molecule has 0 aliphatic rings. The van der Waals surface area contributed by atoms with Crippen LogP contribution in [0.15, 0.2) is 40.2 Å². The van der Waals surface area contributed by atoms with E-state index in [0.29, 0.717) is 0 Å². The Morgan fingerprint density at radius 3 is 2.67 bits per heavy atom. The van der Waals surface area contributed by atoms with Gasteiger partial charge in [0, 0.05) is 9.35 Å². The zero-order chi connectivity index (χ0) is 10.8. The molecule has 1 aromatic heterocycles. The highest BCUT2D eigenvalue weighted by Gasteiger charge is 2.10. The van der Waals surface area contributed by atoms with Crippen LogP contribution in [-0.4, -0.2) is 0 Å². The molecule has 0 radical (unpaired) electrons. The maximum Gasteiger partial charge on any atom is 0.0560 e. The van der Waals surface area contributed by atoms with Crippen molar-refractivity contribution in [3.05, 3.63) is 56.2 Å². The van der Waals surface area contributed by atoms with Crippen LogP contribution in [0.3, 0.4) is 0 Å². The Morgan fingerprint density at radius 1 is 1.27 bits per heavy atom. The lowest BCUT2D eigenvalue weighted by Crippen LogP contribution is -2.10. The van der Waals surface area contributed by atoms with E-state index < -0.39 is 0 Å². The Kier molecular flexibility index (Phi) is 3.24. The largest absolute Gasteiger partial charge is 0.320 e. The molecule has 1 heterocycles. The molecule has 2 N–H and O–H groups in total. The van der Waals surface area contributed by atoms with Gasteiger partial charge in [0.15, 0.2) is 0 Å². The van der Waals surface area contributed by atoms with Gasteiger partial charge < -0.3 is 5.73 Å². The lowest BCUT2D eigenvalue weighted by molar-refractivity contribution is 0.875. The third kappa shape index (κ3) is 2.48. The van der Waals surface area contributed by atoms with Crippen molar-refractivity contribution in [2.24, 2.45) is 5.73 Å². The first kappa shape index (κ1) is 10.9. The molecular formula is C12H12BrNS. The molecule has 78 valence electrons. The van der Waals surface area contributed by atoms with Crippen molar-refractivity contribution in [1.29, 1.82) is 0 Å². The Bertz CT molecular complexity index is 464. The highest BCUT2D eigenvalue weighted by Crippen LogP contribution is 2.25. The number of rotatable bonds is 2. The molecule has 15 heavy (non-hydrogen) atoms. The minimum atomic E-state index is -0.0209. The van der Waals surface area contributed by atoms with E-state index in [2.05, 4.69) is 46.4 Å². The van der Waals surface area contributed by atoms with Crippen LogP contribution in [0.4, 0.5) is 0 Å². The monoisotopic (exact) mass is 281 g/mol. The summed E-state index contributed by atoms with van der Waals surface area (Å²) >= 11 is 5.20. The standard InChI is InChI=1S/C12H12BrNS/c1-8-5-10(7-15-8)12(14)9-3-2-4-11(13)6-9/h2-7,12H,14H2,1H3. The number of benzene rings is 1. The molecule has 0 aliphatic carbocycles. The molecule has 2 rings (SSSR count). The Labute approximate surface area is 102 Å². The zero-order valence-electron chi connectivity index (χ0n) is 8.41. The summed E-state index contributed by atoms with van der Waals surface area (Å²) in [4.78, 5) is 1.30. The highest BCUT2D eigenvalue weighted by atomic mass is 79.9. The minimum Gasteiger partial charge on any atom is -0.320 e. The van der Waals surface area contributed by atoms with Crippen LogP contribution >= 0.6 is 27.3 Å². The van der Waals surface area contributed by atoms with Gasteiger partial charge in [-0.15, -0.1) is 11.3 Å². The molecule has 1 aromatic carbocycles. The van der Waals surface area contributed by atoms with Gasteiger partial charge in [-0.05, 0) is 41.6 Å². The van der Waals surface area contributed by atoms with Crippen molar-refractivity contribution >= 4 is 27.3 Å². The minimum absolute atomic E-state index is 0.0209. The van der Waals surface area contributed by atoms with Gasteiger partial charge in [0.1, 0.15) is 0 Å². The van der Waals surface area contributed by atoms with E-state index in [9.17, 15) is 0 Å². The van der Waals surface area contributed by atoms with Crippen molar-refractivity contribution in [1.82, 2.24) is 0 Å². The van der Waals surface area contributed by atoms with Gasteiger partial charge in [-0.3, -0.25) is 0 Å². The average Bonchev–Trinajstić information content (AvgIpc) is 2.64. The summed E-state index contributed by atoms with van der Waals surface area (Å²) in [6.07, 6.45) is 0. The lowest BCUT2D eigenvalue weighted by Gasteiger charge is -2.10. The topological polar surface area (TPSA) is 26.0 Å². The molecule has 1 nitrogen and oxygen atoms in total. The average molecular weight is 282 g/mol. The predicted octanol–water partition coefficient (Wildman–Crippen LogP) is 3.87. The molecule has 0 saturated carbocycles. The third-order valence-electron chi connectivity index (χ3n) is 2.32. The van der Waals surface area contributed by atoms with Crippen LogP contribution < -0.4 is 5.73 Å². The highest BCUT2D eigenvalue weighted by molar-refractivity contribution is 9.10. The Hall–Kier alpha value is -0.640. The van der Waals surface area contributed by atoms with E-state index in [1.165, 1.54) is 10.4 Å². The van der Waals surface area contributed by atoms with E-state index in [0.717, 1.165) is 10.0 Å². The van der Waals surface area contributed by atoms with Crippen LogP contribution in [0.25, 0.3) is 0 Å². The number of hydrogen-bond acceptors (Lipinski definition) is 2. The van der Waals surface area contributed by atoms with Gasteiger partial charge in [0.2, 0.25) is 0 Å². The van der Waals surface area contributed by atoms with Gasteiger partial charge in [-0.2, -0.15) is 0 Å². The third-order valence-corrected chi connectivity index (χ3v) is 3.69. The van der Waals surface area contributed by atoms with E-state index in [4.69, 9.17) is 5.73 Å². The number of nitrogens with two attached hydrogens (primary N) is 1. The summed E-state index contributed by atoms with van der Waals surface area (Å²) in [6.45, 7) is 2.10. The normalized spacial score (nSPS) is 12.7. The SMILES string of the molecule is Cc1cc(C(N)c2cccc(Br)c2)cs1. The van der Waals surface area contributed by atoms with Crippen LogP contribution in [0.5, 0.6) is 0 Å². The molecular weight excluding hydrogens is 270 g/mol. The summed E-state index contributed by atoms with van der Waals surface area (Å²) < 4.78 is 1.07. The molecule has 0 bridgehead atoms. The molecule has 3 heteroatoms. The molecule has 1 unspecified atom stereocenters. The second-order valence-electron chi connectivity index (χ2n) is 3.52. The fourth-order valence-corrected chi connectivity index (χ4v) is 2.68. The molecule has 0 amide bonds. The van der Waals surface area contributed by atoms with Gasteiger partial charge in [0.05, 0.1) is 6.04 Å². The number of thiophene rings is 1. The molecule has 2 aromatic rings. The second-order valence-corrected chi connectivity index (χ2v) is 5.55. The van der Waals surface area contributed by atoms with Crippen molar-refractivity contribution in [2.75, 3.05) is 0 Å². The van der Waals surface area contributed by atoms with Gasteiger partial charge in [-0.25, -0.2) is 0 Å². The first-order valence-electron chi connectivity index (χ1n) is 4.73. The molecule has 0 spiro atoms. The summed E-state index contributed by atoms with van der Waals surface area (Å²) in [7, 11) is 0. The number of aryl methyl sites for hydroxylation is 1. The molecule has 0 fully saturated rings. The summed E-state index contributed by atoms with van der Waals surface area (Å²) in [5.74, 6) is 0. The maximum absolute atomic E-state index is 6.18. The van der Waals surface area contributed by atoms with Crippen LogP contribution in [0, 0.1) is 6.92 Å². The van der Waals surface area contributed by atoms with Gasteiger partial charge >= 0.3 is 0 Å². The van der Waals surface area contributed by atoms with E-state index >= 15 is 0 Å². The molecule has 0 saturated heterocycles. The number of halogens is 1. The van der Waals surface area contributed by atoms with Crippen molar-refractivity contribution in [3.8, 4) is 0 Å². The van der Waals surface area contributed by atoms with Gasteiger partial charge in [0.25, 0.3) is 0 Å². The smallest absolute Gasteiger partial charge is 0.0560 e. The summed E-state index contributed by atoms with van der Waals surface area (Å²) in [6, 6.07) is 10.3. The Morgan fingerprint density at radius 2 is 2.07 bits per heavy atom.